The van der Waals surface area contributed by atoms with Crippen LogP contribution in [-0.4, -0.2) is 40.7 Å². The summed E-state index contributed by atoms with van der Waals surface area (Å²) in [7, 11) is 0. The molecule has 1 aromatic heterocycles. The lowest BCUT2D eigenvalue weighted by Crippen LogP contribution is -2.41. The second kappa shape index (κ2) is 6.16. The van der Waals surface area contributed by atoms with Crippen LogP contribution in [0.2, 0.25) is 0 Å². The van der Waals surface area contributed by atoms with Crippen LogP contribution in [0.1, 0.15) is 26.0 Å². The number of likely N-dealkylation sites (tertiary alicyclic amines) is 1. The van der Waals surface area contributed by atoms with E-state index in [1.807, 2.05) is 12.3 Å². The van der Waals surface area contributed by atoms with E-state index in [1.165, 1.54) is 0 Å². The van der Waals surface area contributed by atoms with Crippen molar-refractivity contribution in [3.8, 4) is 0 Å². The number of aliphatic hydroxyl groups excluding tert-OH is 1. The van der Waals surface area contributed by atoms with Gasteiger partial charge in [-0.25, -0.2) is 0 Å². The molecule has 0 aromatic carbocycles. The van der Waals surface area contributed by atoms with Crippen molar-refractivity contribution in [2.75, 3.05) is 25.0 Å². The van der Waals surface area contributed by atoms with Crippen LogP contribution in [0, 0.1) is 5.92 Å². The number of pyridine rings is 1. The van der Waals surface area contributed by atoms with Crippen LogP contribution in [0.5, 0.6) is 0 Å². The Balaban J connectivity index is 1.94. The number of nitrogens with zero attached hydrogens (tertiary/aromatic N) is 2. The van der Waals surface area contributed by atoms with Gasteiger partial charge in [-0.1, -0.05) is 6.92 Å². The zero-order valence-electron chi connectivity index (χ0n) is 11.3. The van der Waals surface area contributed by atoms with E-state index in [9.17, 15) is 5.11 Å². The molecule has 4 nitrogen and oxygen atoms in total. The Kier molecular flexibility index (Phi) is 4.55. The largest absolute Gasteiger partial charge is 0.393 e. The number of anilines is 1. The van der Waals surface area contributed by atoms with Crippen molar-refractivity contribution in [3.63, 3.8) is 0 Å². The standard InChI is InChI=1S/C14H23N3O/c1-3-15-12-4-6-16-13(8-12)10-17-7-5-14(18)11(2)9-17/h4,6,8,11,14,18H,3,5,7,9-10H2,1-2H3,(H,15,16). The van der Waals surface area contributed by atoms with Gasteiger partial charge in [-0.05, 0) is 31.4 Å². The van der Waals surface area contributed by atoms with Crippen LogP contribution < -0.4 is 5.32 Å². The Hall–Kier alpha value is -1.13. The molecular weight excluding hydrogens is 226 g/mol. The number of piperidine rings is 1. The number of rotatable bonds is 4. The minimum atomic E-state index is -0.137. The van der Waals surface area contributed by atoms with Crippen LogP contribution >= 0.6 is 0 Å². The summed E-state index contributed by atoms with van der Waals surface area (Å²) in [5, 5.41) is 13.0. The lowest BCUT2D eigenvalue weighted by atomic mass is 9.97. The van der Waals surface area contributed by atoms with Crippen molar-refractivity contribution in [1.82, 2.24) is 9.88 Å². The predicted molar refractivity (Wildman–Crippen MR) is 73.5 cm³/mol. The number of hydrogen-bond acceptors (Lipinski definition) is 4. The van der Waals surface area contributed by atoms with Gasteiger partial charge >= 0.3 is 0 Å². The highest BCUT2D eigenvalue weighted by molar-refractivity contribution is 5.42. The lowest BCUT2D eigenvalue weighted by molar-refractivity contribution is 0.0316. The molecule has 0 spiro atoms. The molecule has 4 heteroatoms. The van der Waals surface area contributed by atoms with Gasteiger partial charge < -0.3 is 10.4 Å². The van der Waals surface area contributed by atoms with Crippen LogP contribution in [0.25, 0.3) is 0 Å². The summed E-state index contributed by atoms with van der Waals surface area (Å²) >= 11 is 0. The zero-order chi connectivity index (χ0) is 13.0. The van der Waals surface area contributed by atoms with E-state index in [-0.39, 0.29) is 6.10 Å². The molecule has 1 aromatic rings. The fraction of sp³-hybridized carbons (Fsp3) is 0.643. The van der Waals surface area contributed by atoms with Gasteiger partial charge in [-0.15, -0.1) is 0 Å². The fourth-order valence-corrected chi connectivity index (χ4v) is 2.47. The highest BCUT2D eigenvalue weighted by atomic mass is 16.3. The molecule has 1 aliphatic heterocycles. The number of nitrogens with one attached hydrogen (secondary N) is 1. The van der Waals surface area contributed by atoms with Crippen LogP contribution in [0.3, 0.4) is 0 Å². The third-order valence-corrected chi connectivity index (χ3v) is 3.53. The van der Waals surface area contributed by atoms with Gasteiger partial charge in [0.05, 0.1) is 11.8 Å². The molecule has 1 saturated heterocycles. The minimum absolute atomic E-state index is 0.137. The molecule has 2 atom stereocenters. The van der Waals surface area contributed by atoms with Gasteiger partial charge in [-0.3, -0.25) is 9.88 Å². The second-order valence-corrected chi connectivity index (χ2v) is 5.13. The number of hydrogen-bond donors (Lipinski definition) is 2. The predicted octanol–water partition coefficient (Wildman–Crippen LogP) is 1.72. The van der Waals surface area contributed by atoms with Gasteiger partial charge in [0, 0.05) is 38.1 Å². The topological polar surface area (TPSA) is 48.4 Å². The summed E-state index contributed by atoms with van der Waals surface area (Å²) in [6.45, 7) is 7.91. The van der Waals surface area contributed by atoms with Gasteiger partial charge in [0.2, 0.25) is 0 Å². The first-order valence-corrected chi connectivity index (χ1v) is 6.78. The third-order valence-electron chi connectivity index (χ3n) is 3.53. The summed E-state index contributed by atoms with van der Waals surface area (Å²) in [6.07, 6.45) is 2.59. The van der Waals surface area contributed by atoms with Crippen molar-refractivity contribution >= 4 is 5.69 Å². The third kappa shape index (κ3) is 3.43. The Morgan fingerprint density at radius 3 is 3.11 bits per heavy atom. The summed E-state index contributed by atoms with van der Waals surface area (Å²) in [5.41, 5.74) is 2.23. The average Bonchev–Trinajstić information content (AvgIpc) is 2.35. The molecule has 0 bridgehead atoms. The Morgan fingerprint density at radius 2 is 2.39 bits per heavy atom. The Morgan fingerprint density at radius 1 is 1.56 bits per heavy atom. The number of aliphatic hydroxyl groups is 1. The second-order valence-electron chi connectivity index (χ2n) is 5.13. The molecule has 18 heavy (non-hydrogen) atoms. The molecule has 0 aliphatic carbocycles. The molecule has 2 rings (SSSR count). The SMILES string of the molecule is CCNc1ccnc(CN2CCC(O)C(C)C2)c1. The van der Waals surface area contributed by atoms with E-state index >= 15 is 0 Å². The van der Waals surface area contributed by atoms with Crippen molar-refractivity contribution in [2.45, 2.75) is 32.9 Å². The fourth-order valence-electron chi connectivity index (χ4n) is 2.47. The molecule has 1 fully saturated rings. The zero-order valence-corrected chi connectivity index (χ0v) is 11.3. The maximum atomic E-state index is 9.72. The van der Waals surface area contributed by atoms with Gasteiger partial charge in [0.25, 0.3) is 0 Å². The van der Waals surface area contributed by atoms with E-state index in [2.05, 4.69) is 35.1 Å². The first-order valence-electron chi connectivity index (χ1n) is 6.78. The first-order chi connectivity index (χ1) is 8.69. The summed E-state index contributed by atoms with van der Waals surface area (Å²) in [5.74, 6) is 0.357. The maximum Gasteiger partial charge on any atom is 0.0590 e. The summed E-state index contributed by atoms with van der Waals surface area (Å²) in [4.78, 5) is 6.79. The van der Waals surface area contributed by atoms with E-state index in [4.69, 9.17) is 0 Å². The normalized spacial score (nSPS) is 25.1. The average molecular weight is 249 g/mol. The molecule has 1 aliphatic rings. The Labute approximate surface area is 109 Å². The highest BCUT2D eigenvalue weighted by Crippen LogP contribution is 2.18. The van der Waals surface area contributed by atoms with E-state index in [0.29, 0.717) is 5.92 Å². The highest BCUT2D eigenvalue weighted by Gasteiger charge is 2.24. The van der Waals surface area contributed by atoms with Crippen LogP contribution in [0.4, 0.5) is 5.69 Å². The molecule has 2 unspecified atom stereocenters. The quantitative estimate of drug-likeness (QED) is 0.853. The summed E-state index contributed by atoms with van der Waals surface area (Å²) < 4.78 is 0. The molecular formula is C14H23N3O. The van der Waals surface area contributed by atoms with Crippen molar-refractivity contribution in [1.29, 1.82) is 0 Å². The molecule has 100 valence electrons. The van der Waals surface area contributed by atoms with Crippen molar-refractivity contribution < 1.29 is 5.11 Å². The maximum absolute atomic E-state index is 9.72. The monoisotopic (exact) mass is 249 g/mol. The van der Waals surface area contributed by atoms with E-state index in [0.717, 1.165) is 44.0 Å². The molecule has 2 N–H and O–H groups in total. The molecule has 2 heterocycles. The van der Waals surface area contributed by atoms with Crippen LogP contribution in [0.15, 0.2) is 18.3 Å². The van der Waals surface area contributed by atoms with Crippen LogP contribution in [-0.2, 0) is 6.54 Å². The molecule has 0 amide bonds. The van der Waals surface area contributed by atoms with Gasteiger partial charge in [0.15, 0.2) is 0 Å². The molecule has 0 saturated carbocycles. The smallest absolute Gasteiger partial charge is 0.0590 e. The minimum Gasteiger partial charge on any atom is -0.393 e. The van der Waals surface area contributed by atoms with Crippen molar-refractivity contribution in [3.05, 3.63) is 24.0 Å². The summed E-state index contributed by atoms with van der Waals surface area (Å²) in [6, 6.07) is 4.11. The van der Waals surface area contributed by atoms with Crippen molar-refractivity contribution in [2.24, 2.45) is 5.92 Å². The van der Waals surface area contributed by atoms with E-state index in [1.54, 1.807) is 0 Å². The first kappa shape index (κ1) is 13.3. The van der Waals surface area contributed by atoms with Gasteiger partial charge in [0.1, 0.15) is 0 Å². The van der Waals surface area contributed by atoms with E-state index < -0.39 is 0 Å². The lowest BCUT2D eigenvalue weighted by Gasteiger charge is -2.34. The number of aromatic nitrogens is 1. The molecule has 0 radical (unpaired) electrons. The Bertz CT molecular complexity index is 383. The van der Waals surface area contributed by atoms with Gasteiger partial charge in [-0.2, -0.15) is 0 Å².